The van der Waals surface area contributed by atoms with Gasteiger partial charge < -0.3 is 9.42 Å². The number of fused-ring (bicyclic) bond motifs is 1. The summed E-state index contributed by atoms with van der Waals surface area (Å²) in [5, 5.41) is 5.31. The van der Waals surface area contributed by atoms with Gasteiger partial charge in [0.25, 0.3) is 0 Å². The molecular formula is C14H20N2O. The summed E-state index contributed by atoms with van der Waals surface area (Å²) in [6, 6.07) is 8.06. The van der Waals surface area contributed by atoms with Crippen LogP contribution in [0.4, 0.5) is 5.82 Å². The number of anilines is 1. The maximum atomic E-state index is 5.31. The van der Waals surface area contributed by atoms with Crippen molar-refractivity contribution in [1.29, 1.82) is 0 Å². The highest BCUT2D eigenvalue weighted by atomic mass is 16.5. The Labute approximate surface area is 102 Å². The lowest BCUT2D eigenvalue weighted by atomic mass is 10.1. The van der Waals surface area contributed by atoms with Gasteiger partial charge in [0, 0.05) is 13.1 Å². The van der Waals surface area contributed by atoms with Crippen molar-refractivity contribution in [2.45, 2.75) is 33.1 Å². The van der Waals surface area contributed by atoms with E-state index < -0.39 is 0 Å². The summed E-state index contributed by atoms with van der Waals surface area (Å²) in [4.78, 5) is 2.33. The number of rotatable bonds is 1. The highest BCUT2D eigenvalue weighted by Gasteiger charge is 2.17. The molecule has 2 aromatic rings. The Bertz CT molecular complexity index is 458. The van der Waals surface area contributed by atoms with E-state index in [1.54, 1.807) is 0 Å². The molecule has 0 atom stereocenters. The van der Waals surface area contributed by atoms with Gasteiger partial charge in [-0.15, -0.1) is 0 Å². The van der Waals surface area contributed by atoms with Gasteiger partial charge in [-0.05, 0) is 31.4 Å². The van der Waals surface area contributed by atoms with Crippen LogP contribution in [-0.4, -0.2) is 18.2 Å². The van der Waals surface area contributed by atoms with Crippen LogP contribution in [0.25, 0.3) is 11.0 Å². The minimum Gasteiger partial charge on any atom is -0.354 e. The molecule has 1 fully saturated rings. The SMILES string of the molecule is CC.c1ccc2c(N3CCCCC3)noc2c1. The molecule has 0 aliphatic carbocycles. The lowest BCUT2D eigenvalue weighted by Gasteiger charge is -2.26. The second-order valence-corrected chi connectivity index (χ2v) is 4.05. The maximum absolute atomic E-state index is 5.31. The molecule has 1 aromatic heterocycles. The summed E-state index contributed by atoms with van der Waals surface area (Å²) in [6.07, 6.45) is 3.87. The first-order valence-corrected chi connectivity index (χ1v) is 6.54. The molecule has 1 aromatic carbocycles. The second kappa shape index (κ2) is 5.71. The molecule has 3 rings (SSSR count). The van der Waals surface area contributed by atoms with Gasteiger partial charge in [-0.25, -0.2) is 0 Å². The fourth-order valence-corrected chi connectivity index (χ4v) is 2.21. The smallest absolute Gasteiger partial charge is 0.179 e. The van der Waals surface area contributed by atoms with E-state index in [9.17, 15) is 0 Å². The normalized spacial score (nSPS) is 15.5. The third-order valence-electron chi connectivity index (χ3n) is 3.01. The molecule has 0 bridgehead atoms. The Morgan fingerprint density at radius 1 is 1.06 bits per heavy atom. The standard InChI is InChI=1S/C12H14N2O.C2H6/c1-4-8-14(9-5-1)12-10-6-2-3-7-11(10)15-13-12;1-2/h2-3,6-7H,1,4-5,8-9H2;1-2H3. The highest BCUT2D eigenvalue weighted by molar-refractivity contribution is 5.88. The summed E-state index contributed by atoms with van der Waals surface area (Å²) >= 11 is 0. The average molecular weight is 232 g/mol. The number of aromatic nitrogens is 1. The van der Waals surface area contributed by atoms with E-state index in [2.05, 4.69) is 16.1 Å². The lowest BCUT2D eigenvalue weighted by molar-refractivity contribution is 0.450. The quantitative estimate of drug-likeness (QED) is 0.748. The molecule has 1 aliphatic rings. The van der Waals surface area contributed by atoms with E-state index in [1.165, 1.54) is 19.3 Å². The van der Waals surface area contributed by atoms with Crippen LogP contribution in [0.3, 0.4) is 0 Å². The number of piperidine rings is 1. The Balaban J connectivity index is 0.000000514. The van der Waals surface area contributed by atoms with Crippen molar-refractivity contribution in [2.24, 2.45) is 0 Å². The molecule has 2 heterocycles. The Morgan fingerprint density at radius 2 is 1.76 bits per heavy atom. The number of hydrogen-bond donors (Lipinski definition) is 0. The third-order valence-corrected chi connectivity index (χ3v) is 3.01. The topological polar surface area (TPSA) is 29.3 Å². The van der Waals surface area contributed by atoms with E-state index in [-0.39, 0.29) is 0 Å². The molecular weight excluding hydrogens is 212 g/mol. The van der Waals surface area contributed by atoms with Gasteiger partial charge in [0.15, 0.2) is 11.4 Å². The third kappa shape index (κ3) is 2.43. The van der Waals surface area contributed by atoms with Gasteiger partial charge in [0.2, 0.25) is 0 Å². The van der Waals surface area contributed by atoms with Crippen LogP contribution in [0.15, 0.2) is 28.8 Å². The zero-order valence-corrected chi connectivity index (χ0v) is 10.6. The Kier molecular flexibility index (Phi) is 4.02. The van der Waals surface area contributed by atoms with E-state index in [0.29, 0.717) is 0 Å². The Morgan fingerprint density at radius 3 is 2.53 bits per heavy atom. The molecule has 3 nitrogen and oxygen atoms in total. The number of para-hydroxylation sites is 1. The summed E-state index contributed by atoms with van der Waals surface area (Å²) in [7, 11) is 0. The zero-order chi connectivity index (χ0) is 12.1. The van der Waals surface area contributed by atoms with Crippen molar-refractivity contribution >= 4 is 16.8 Å². The van der Waals surface area contributed by atoms with E-state index in [0.717, 1.165) is 29.9 Å². The highest BCUT2D eigenvalue weighted by Crippen LogP contribution is 2.27. The van der Waals surface area contributed by atoms with Gasteiger partial charge in [-0.3, -0.25) is 0 Å². The zero-order valence-electron chi connectivity index (χ0n) is 10.6. The van der Waals surface area contributed by atoms with Crippen molar-refractivity contribution in [3.8, 4) is 0 Å². The van der Waals surface area contributed by atoms with Crippen molar-refractivity contribution in [3.05, 3.63) is 24.3 Å². The van der Waals surface area contributed by atoms with E-state index in [1.807, 2.05) is 32.0 Å². The van der Waals surface area contributed by atoms with Crippen LogP contribution < -0.4 is 4.90 Å². The van der Waals surface area contributed by atoms with Crippen molar-refractivity contribution < 1.29 is 4.52 Å². The van der Waals surface area contributed by atoms with Gasteiger partial charge in [-0.2, -0.15) is 0 Å². The molecule has 0 saturated carbocycles. The average Bonchev–Trinajstić information content (AvgIpc) is 2.86. The van der Waals surface area contributed by atoms with Crippen molar-refractivity contribution in [2.75, 3.05) is 18.0 Å². The van der Waals surface area contributed by atoms with Crippen LogP contribution in [-0.2, 0) is 0 Å². The fraction of sp³-hybridized carbons (Fsp3) is 0.500. The minimum atomic E-state index is 0.887. The first kappa shape index (κ1) is 12.0. The van der Waals surface area contributed by atoms with Gasteiger partial charge in [0.05, 0.1) is 5.39 Å². The second-order valence-electron chi connectivity index (χ2n) is 4.05. The van der Waals surface area contributed by atoms with Crippen LogP contribution in [0.1, 0.15) is 33.1 Å². The monoisotopic (exact) mass is 232 g/mol. The summed E-state index contributed by atoms with van der Waals surface area (Å²) < 4.78 is 5.31. The van der Waals surface area contributed by atoms with Crippen molar-refractivity contribution in [1.82, 2.24) is 5.16 Å². The predicted molar refractivity (Wildman–Crippen MR) is 71.4 cm³/mol. The molecule has 17 heavy (non-hydrogen) atoms. The molecule has 0 unspecified atom stereocenters. The molecule has 0 radical (unpaired) electrons. The molecule has 3 heteroatoms. The van der Waals surface area contributed by atoms with Gasteiger partial charge in [0.1, 0.15) is 0 Å². The molecule has 0 amide bonds. The van der Waals surface area contributed by atoms with Crippen LogP contribution in [0, 0.1) is 0 Å². The maximum Gasteiger partial charge on any atom is 0.179 e. The first-order chi connectivity index (χ1) is 8.45. The molecule has 92 valence electrons. The fourth-order valence-electron chi connectivity index (χ4n) is 2.21. The van der Waals surface area contributed by atoms with Crippen LogP contribution >= 0.6 is 0 Å². The summed E-state index contributed by atoms with van der Waals surface area (Å²) in [5.41, 5.74) is 0.887. The molecule has 0 spiro atoms. The number of nitrogens with zero attached hydrogens (tertiary/aromatic N) is 2. The number of hydrogen-bond acceptors (Lipinski definition) is 3. The number of benzene rings is 1. The summed E-state index contributed by atoms with van der Waals surface area (Å²) in [6.45, 7) is 6.22. The van der Waals surface area contributed by atoms with Crippen molar-refractivity contribution in [3.63, 3.8) is 0 Å². The van der Waals surface area contributed by atoms with Gasteiger partial charge in [-0.1, -0.05) is 31.1 Å². The lowest BCUT2D eigenvalue weighted by Crippen LogP contribution is -2.29. The first-order valence-electron chi connectivity index (χ1n) is 6.54. The van der Waals surface area contributed by atoms with E-state index in [4.69, 9.17) is 4.52 Å². The summed E-state index contributed by atoms with van der Waals surface area (Å²) in [5.74, 6) is 1.02. The largest absolute Gasteiger partial charge is 0.354 e. The van der Waals surface area contributed by atoms with Gasteiger partial charge >= 0.3 is 0 Å². The molecule has 0 N–H and O–H groups in total. The van der Waals surface area contributed by atoms with Crippen LogP contribution in [0.2, 0.25) is 0 Å². The van der Waals surface area contributed by atoms with Crippen LogP contribution in [0.5, 0.6) is 0 Å². The molecule has 1 saturated heterocycles. The minimum absolute atomic E-state index is 0.887. The van der Waals surface area contributed by atoms with E-state index >= 15 is 0 Å². The Hall–Kier alpha value is -1.51. The predicted octanol–water partition coefficient (Wildman–Crippen LogP) is 3.84. The molecule has 1 aliphatic heterocycles.